The van der Waals surface area contributed by atoms with Gasteiger partial charge in [0.25, 0.3) is 10.2 Å². The first-order valence-corrected chi connectivity index (χ1v) is 14.4. The van der Waals surface area contributed by atoms with E-state index in [9.17, 15) is 21.6 Å². The van der Waals surface area contributed by atoms with E-state index in [-0.39, 0.29) is 18.4 Å². The number of allylic oxidation sites excluding steroid dienone is 4. The summed E-state index contributed by atoms with van der Waals surface area (Å²) in [6.07, 6.45) is 4.48. The van der Waals surface area contributed by atoms with Crippen LogP contribution in [0, 0.1) is 11.8 Å². The van der Waals surface area contributed by atoms with Gasteiger partial charge in [0.1, 0.15) is 16.6 Å². The van der Waals surface area contributed by atoms with Crippen LogP contribution < -0.4 is 9.62 Å². The van der Waals surface area contributed by atoms with Crippen molar-refractivity contribution in [2.45, 2.75) is 50.2 Å². The Morgan fingerprint density at radius 1 is 1.17 bits per heavy atom. The average molecular weight is 531 g/mol. The van der Waals surface area contributed by atoms with Crippen molar-refractivity contribution in [1.82, 2.24) is 14.0 Å². The zero-order valence-electron chi connectivity index (χ0n) is 19.3. The van der Waals surface area contributed by atoms with Crippen LogP contribution in [0.2, 0.25) is 0 Å². The smallest absolute Gasteiger partial charge is 0.378 e. The van der Waals surface area contributed by atoms with E-state index < -0.39 is 28.5 Å². The number of ether oxygens (including phenoxy) is 1. The predicted molar refractivity (Wildman–Crippen MR) is 127 cm³/mol. The van der Waals surface area contributed by atoms with Crippen molar-refractivity contribution in [3.8, 4) is 0 Å². The average Bonchev–Trinajstić information content (AvgIpc) is 3.43. The predicted octanol–water partition coefficient (Wildman–Crippen LogP) is 3.72. The summed E-state index contributed by atoms with van der Waals surface area (Å²) in [5, 5.41) is 2.16. The maximum atomic E-state index is 13.1. The number of anilines is 1. The molecule has 1 aromatic heterocycles. The van der Waals surface area contributed by atoms with Gasteiger partial charge in [-0.3, -0.25) is 0 Å². The third-order valence-electron chi connectivity index (χ3n) is 8.32. The van der Waals surface area contributed by atoms with Crippen LogP contribution in [0.15, 0.2) is 23.4 Å². The lowest BCUT2D eigenvalue weighted by Crippen LogP contribution is -2.51. The molecular weight excluding hydrogens is 501 g/mol. The number of rotatable bonds is 3. The van der Waals surface area contributed by atoms with E-state index in [2.05, 4.69) is 15.7 Å². The third kappa shape index (κ3) is 4.35. The number of hydrogen-bond acceptors (Lipinski definition) is 6. The van der Waals surface area contributed by atoms with Crippen LogP contribution in [0.25, 0.3) is 5.57 Å². The maximum absolute atomic E-state index is 13.1. The fraction of sp³-hybridized carbons (Fsp3) is 0.696. The second-order valence-electron chi connectivity index (χ2n) is 10.3. The van der Waals surface area contributed by atoms with E-state index in [1.807, 2.05) is 6.20 Å². The lowest BCUT2D eigenvalue weighted by Gasteiger charge is -2.34. The molecule has 2 bridgehead atoms. The Morgan fingerprint density at radius 2 is 1.91 bits per heavy atom. The molecule has 3 heterocycles. The molecular formula is C23H29F3N4O3S2. The van der Waals surface area contributed by atoms with E-state index >= 15 is 0 Å². The highest BCUT2D eigenvalue weighted by Gasteiger charge is 2.60. The summed E-state index contributed by atoms with van der Waals surface area (Å²) in [7, 11) is -4.16. The van der Waals surface area contributed by atoms with Crippen LogP contribution >= 0.6 is 11.3 Å². The van der Waals surface area contributed by atoms with E-state index in [0.29, 0.717) is 10.7 Å². The molecule has 0 aromatic carbocycles. The molecule has 0 unspecified atom stereocenters. The second-order valence-corrected chi connectivity index (χ2v) is 13.0. The number of morpholine rings is 1. The van der Waals surface area contributed by atoms with Crippen LogP contribution in [0.1, 0.15) is 43.5 Å². The minimum absolute atomic E-state index is 0.0104. The van der Waals surface area contributed by atoms with Crippen molar-refractivity contribution in [3.05, 3.63) is 28.4 Å². The summed E-state index contributed by atoms with van der Waals surface area (Å²) in [6, 6.07) is 0. The minimum Gasteiger partial charge on any atom is -0.378 e. The van der Waals surface area contributed by atoms with Crippen LogP contribution in [-0.2, 0) is 14.9 Å². The molecule has 1 N–H and O–H groups in total. The Kier molecular flexibility index (Phi) is 5.83. The first-order valence-electron chi connectivity index (χ1n) is 12.2. The van der Waals surface area contributed by atoms with Gasteiger partial charge in [-0.15, -0.1) is 0 Å². The number of alkyl halides is 3. The van der Waals surface area contributed by atoms with Crippen LogP contribution in [-0.4, -0.2) is 68.8 Å². The normalized spacial score (nSPS) is 33.2. The number of hydrogen-bond donors (Lipinski definition) is 1. The molecule has 35 heavy (non-hydrogen) atoms. The van der Waals surface area contributed by atoms with Gasteiger partial charge in [0.15, 0.2) is 0 Å². The Hall–Kier alpha value is -1.47. The summed E-state index contributed by atoms with van der Waals surface area (Å²) in [6.45, 7) is 1.64. The van der Waals surface area contributed by atoms with Gasteiger partial charge in [0.2, 0.25) is 0 Å². The fourth-order valence-electron chi connectivity index (χ4n) is 6.64. The third-order valence-corrected chi connectivity index (χ3v) is 11.0. The number of halogens is 3. The number of nitrogens with one attached hydrogen (secondary N) is 1. The highest BCUT2D eigenvalue weighted by Crippen LogP contribution is 2.54. The Balaban J connectivity index is 1.24. The molecule has 1 saturated carbocycles. The summed E-state index contributed by atoms with van der Waals surface area (Å²) in [5.41, 5.74) is 2.94. The van der Waals surface area contributed by atoms with Crippen molar-refractivity contribution in [1.29, 1.82) is 0 Å². The van der Waals surface area contributed by atoms with Gasteiger partial charge in [0, 0.05) is 19.6 Å². The molecule has 192 valence electrons. The highest BCUT2D eigenvalue weighted by atomic mass is 32.2. The first kappa shape index (κ1) is 23.9. The van der Waals surface area contributed by atoms with Crippen molar-refractivity contribution < 1.29 is 26.3 Å². The van der Waals surface area contributed by atoms with Crippen molar-refractivity contribution in [2.75, 3.05) is 44.3 Å². The number of nitrogens with zero attached hydrogens (tertiary/aromatic N) is 3. The quantitative estimate of drug-likeness (QED) is 0.645. The molecule has 0 radical (unpaired) electrons. The van der Waals surface area contributed by atoms with Gasteiger partial charge >= 0.3 is 6.18 Å². The fourth-order valence-corrected chi connectivity index (χ4v) is 9.36. The molecule has 5 aliphatic rings. The molecule has 6 rings (SSSR count). The van der Waals surface area contributed by atoms with Gasteiger partial charge in [-0.2, -0.15) is 30.6 Å². The highest BCUT2D eigenvalue weighted by molar-refractivity contribution is 7.87. The molecule has 0 amide bonds. The summed E-state index contributed by atoms with van der Waals surface area (Å²) in [4.78, 5) is 7.00. The molecule has 12 heteroatoms. The van der Waals surface area contributed by atoms with Crippen molar-refractivity contribution in [3.63, 3.8) is 0 Å². The standard InChI is InChI=1S/C23H29F3N4O3S2/c24-23(25,26)14-30-13-22(28-35(30,31)32)18-3-4-19(22)11-17-9-16(2-1-15(17)10-18)21-27-12-20(34-21)29-5-7-33-8-6-29/h9,12,18-19,28H,1-8,10-11,13-14H2/t18-,19+,22+/m0/s1. The molecule has 7 nitrogen and oxygen atoms in total. The van der Waals surface area contributed by atoms with Crippen LogP contribution in [0.3, 0.4) is 0 Å². The van der Waals surface area contributed by atoms with E-state index in [4.69, 9.17) is 9.72 Å². The first-order chi connectivity index (χ1) is 16.6. The molecule has 3 atom stereocenters. The Labute approximate surface area is 207 Å². The summed E-state index contributed by atoms with van der Waals surface area (Å²) >= 11 is 1.69. The van der Waals surface area contributed by atoms with E-state index in [1.165, 1.54) is 16.7 Å². The number of thiazole rings is 1. The zero-order valence-corrected chi connectivity index (χ0v) is 20.9. The minimum atomic E-state index is -4.56. The van der Waals surface area contributed by atoms with Gasteiger partial charge < -0.3 is 9.64 Å². The van der Waals surface area contributed by atoms with E-state index in [1.54, 1.807) is 11.3 Å². The maximum Gasteiger partial charge on any atom is 0.402 e. The molecule has 2 aliphatic heterocycles. The Morgan fingerprint density at radius 3 is 2.66 bits per heavy atom. The largest absolute Gasteiger partial charge is 0.402 e. The lowest BCUT2D eigenvalue weighted by molar-refractivity contribution is -0.136. The summed E-state index contributed by atoms with van der Waals surface area (Å²) in [5.74, 6) is 0.0135. The molecule has 1 spiro atoms. The Bertz CT molecular complexity index is 1170. The van der Waals surface area contributed by atoms with E-state index in [0.717, 1.165) is 68.4 Å². The molecule has 2 saturated heterocycles. The SMILES string of the molecule is O=S1(=O)N[C@@]2(CN1CC(F)(F)F)[C@@H]1CC[C@H]2CC2=C(C=C(c3ncc(N4CCOCC4)s3)CC2)C1. The second kappa shape index (κ2) is 8.54. The molecule has 3 aliphatic carbocycles. The molecule has 3 fully saturated rings. The zero-order chi connectivity index (χ0) is 24.4. The molecule has 1 aromatic rings. The van der Waals surface area contributed by atoms with Gasteiger partial charge in [-0.25, -0.2) is 4.98 Å². The monoisotopic (exact) mass is 530 g/mol. The van der Waals surface area contributed by atoms with Crippen molar-refractivity contribution in [2.24, 2.45) is 11.8 Å². The summed E-state index contributed by atoms with van der Waals surface area (Å²) < 4.78 is 73.5. The lowest BCUT2D eigenvalue weighted by atomic mass is 9.79. The van der Waals surface area contributed by atoms with Gasteiger partial charge in [-0.1, -0.05) is 23.0 Å². The van der Waals surface area contributed by atoms with Gasteiger partial charge in [0.05, 0.1) is 24.9 Å². The topological polar surface area (TPSA) is 74.8 Å². The van der Waals surface area contributed by atoms with Crippen LogP contribution in [0.5, 0.6) is 0 Å². The van der Waals surface area contributed by atoms with Crippen molar-refractivity contribution >= 4 is 32.1 Å². The number of aromatic nitrogens is 1. The van der Waals surface area contributed by atoms with Crippen LogP contribution in [0.4, 0.5) is 18.2 Å². The van der Waals surface area contributed by atoms with Gasteiger partial charge in [-0.05, 0) is 61.5 Å².